The van der Waals surface area contributed by atoms with Crippen LogP contribution in [0.5, 0.6) is 11.5 Å². The number of nitrogens with one attached hydrogen (secondary N) is 6. The van der Waals surface area contributed by atoms with Crippen molar-refractivity contribution in [1.29, 1.82) is 0 Å². The Morgan fingerprint density at radius 1 is 0.478 bits per heavy atom. The largest absolute Gasteiger partial charge is 1.00 e. The van der Waals surface area contributed by atoms with Crippen molar-refractivity contribution in [3.8, 4) is 23.0 Å². The Morgan fingerprint density at radius 3 is 1.42 bits per heavy atom. The van der Waals surface area contributed by atoms with Crippen molar-refractivity contribution in [3.63, 3.8) is 0 Å². The van der Waals surface area contributed by atoms with Gasteiger partial charge in [-0.15, -0.1) is 0 Å². The van der Waals surface area contributed by atoms with Gasteiger partial charge in [-0.1, -0.05) is 23.2 Å². The van der Waals surface area contributed by atoms with Crippen molar-refractivity contribution >= 4 is 170 Å². The maximum atomic E-state index is 13.0. The maximum absolute atomic E-state index is 13.0. The molecule has 34 nitrogen and oxygen atoms in total. The van der Waals surface area contributed by atoms with Gasteiger partial charge in [0.05, 0.1) is 44.4 Å². The summed E-state index contributed by atoms with van der Waals surface area (Å²) in [6.07, 6.45) is 0. The van der Waals surface area contributed by atoms with Crippen molar-refractivity contribution in [2.45, 2.75) is 29.4 Å². The number of nitrogens with zero attached hydrogens (tertiary/aromatic N) is 8. The van der Waals surface area contributed by atoms with Crippen LogP contribution in [0.3, 0.4) is 0 Å². The number of aromatic nitrogens is 7. The Morgan fingerprint density at radius 2 is 0.944 bits per heavy atom. The zero-order chi connectivity index (χ0) is 61.2. The van der Waals surface area contributed by atoms with Crippen molar-refractivity contribution in [2.75, 3.05) is 58.1 Å². The minimum absolute atomic E-state index is 0. The fourth-order valence-electron chi connectivity index (χ4n) is 7.64. The Balaban J connectivity index is 0.00000353. The molecule has 0 saturated heterocycles. The van der Waals surface area contributed by atoms with Crippen molar-refractivity contribution in [1.82, 2.24) is 34.9 Å². The van der Waals surface area contributed by atoms with Crippen molar-refractivity contribution in [3.05, 3.63) is 86.6 Å². The molecule has 9 rings (SSSR count). The summed E-state index contributed by atoms with van der Waals surface area (Å²) in [5.74, 6) is -2.78. The zero-order valence-electron chi connectivity index (χ0n) is 46.5. The van der Waals surface area contributed by atoms with E-state index in [2.05, 4.69) is 71.8 Å². The number of anilines is 9. The van der Waals surface area contributed by atoms with Gasteiger partial charge in [-0.3, -0.25) is 32.3 Å². The van der Waals surface area contributed by atoms with Crippen LogP contribution in [0, 0.1) is 0 Å². The van der Waals surface area contributed by atoms with Gasteiger partial charge in [0.2, 0.25) is 34.4 Å². The molecule has 3 aliphatic rings. The van der Waals surface area contributed by atoms with E-state index in [1.807, 2.05) is 0 Å². The maximum Gasteiger partial charge on any atom is 1.00 e. The van der Waals surface area contributed by atoms with Gasteiger partial charge in [-0.2, -0.15) is 80.4 Å². The van der Waals surface area contributed by atoms with Gasteiger partial charge in [0.25, 0.3) is 50.6 Å². The predicted octanol–water partition coefficient (Wildman–Crippen LogP) is -12.7. The van der Waals surface area contributed by atoms with Gasteiger partial charge in [-0.05, 0) is 83.9 Å². The molecule has 0 fully saturated rings. The van der Waals surface area contributed by atoms with E-state index < -0.39 is 135 Å². The van der Waals surface area contributed by atoms with Crippen molar-refractivity contribution < 1.29 is 264 Å². The Bertz CT molecular complexity index is 4890. The molecule has 444 valence electrons. The number of hydrogen-bond donors (Lipinski definition) is 12. The van der Waals surface area contributed by atoms with Crippen LogP contribution in [0.25, 0.3) is 22.6 Å². The van der Waals surface area contributed by atoms with E-state index in [0.29, 0.717) is 12.1 Å². The summed E-state index contributed by atoms with van der Waals surface area (Å²) in [5.41, 5.74) is -2.31. The van der Waals surface area contributed by atoms with Crippen LogP contribution in [0.2, 0.25) is 20.6 Å². The van der Waals surface area contributed by atoms with Crippen LogP contribution in [0.4, 0.5) is 52.2 Å². The topological polar surface area (TPSA) is 523 Å². The average molecular weight is 1500 g/mol. The summed E-state index contributed by atoms with van der Waals surface area (Å²) < 4.78 is 218. The van der Waals surface area contributed by atoms with Crippen LogP contribution >= 0.6 is 46.4 Å². The molecule has 0 amide bonds. The number of rotatable bonds is 19. The molecule has 1 aliphatic carbocycles. The van der Waals surface area contributed by atoms with E-state index in [9.17, 15) is 77.8 Å². The molecule has 6 aromatic rings. The molecule has 0 spiro atoms. The number of ether oxygens (including phenoxy) is 1. The van der Waals surface area contributed by atoms with Crippen molar-refractivity contribution in [2.24, 2.45) is 4.99 Å². The smallest absolute Gasteiger partial charge is 0.450 e. The molecule has 4 heterocycles. The standard InChI is InChI=1S/C40H30Cl4N14O20S6.6Na/c41-25-28-32(78-30-20(50-28)6-8-22(34(30)84(74,75)76)46-10-12-48-38-54-36(44)56-40(58-38)52-18-4-2-16(80(62,63)64)14-24(18)82(68,69)70)26(42)27-31(25)77-29-19(49-27)5-7-21(33(29)83(71,72)73)45-9-11-47-37-53-35(43)55-39(57-37)51-17-3-1-15(79(59,60)61)13-23(17)81(65,66)67;;;;;;/h1-8,13-14,45,49H,9-12H2,(H,59,60,61)(H,62,63,64)(H,65,66,67)(H,68,69,70)(H,71,72,73)(H,74,75,76)(H2,47,51,53,55,57)(H2,48,52,54,56,58);;;;;;/q;6*+1. The van der Waals surface area contributed by atoms with Gasteiger partial charge in [0.1, 0.15) is 36.7 Å². The summed E-state index contributed by atoms with van der Waals surface area (Å²) in [7, 11) is -30.4. The average Bonchev–Trinajstić information content (AvgIpc) is 1.30. The molecule has 0 radical (unpaired) electrons. The normalized spacial score (nSPS) is 12.3. The Kier molecular flexibility index (Phi) is 29.9. The fourth-order valence-corrected chi connectivity index (χ4v) is 12.6. The third-order valence-electron chi connectivity index (χ3n) is 11.0. The van der Waals surface area contributed by atoms with Crippen LogP contribution in [-0.4, -0.2) is 139 Å². The van der Waals surface area contributed by atoms with Crippen LogP contribution in [-0.2, 0) is 60.7 Å². The number of hydrogen-bond acceptors (Lipinski definition) is 28. The summed E-state index contributed by atoms with van der Waals surface area (Å²) in [6.45, 7) is -0.790. The summed E-state index contributed by atoms with van der Waals surface area (Å²) in [4.78, 5) is 26.7. The zero-order valence-corrected chi connectivity index (χ0v) is 66.5. The second-order valence-electron chi connectivity index (χ2n) is 16.6. The third kappa shape index (κ3) is 19.5. The number of fused-ring (bicyclic) bond motifs is 4. The molecule has 2 aromatic heterocycles. The first-order valence-electron chi connectivity index (χ1n) is 22.2. The molecular weight excluding hydrogens is 1470 g/mol. The van der Waals surface area contributed by atoms with Crippen LogP contribution in [0.15, 0.2) is 99.4 Å². The van der Waals surface area contributed by atoms with Gasteiger partial charge in [0, 0.05) is 19.6 Å². The van der Waals surface area contributed by atoms with E-state index in [1.54, 1.807) is 0 Å². The molecule has 0 atom stereocenters. The molecule has 4 aromatic carbocycles. The molecule has 0 unspecified atom stereocenters. The molecule has 50 heteroatoms. The van der Waals surface area contributed by atoms with E-state index >= 15 is 0 Å². The summed E-state index contributed by atoms with van der Waals surface area (Å²) in [5, 5.41) is 14.0. The van der Waals surface area contributed by atoms with Gasteiger partial charge < -0.3 is 41.1 Å². The number of halogens is 4. The molecule has 2 aliphatic heterocycles. The fraction of sp³-hybridized carbons (Fsp3) is 0.100. The molecule has 0 saturated carbocycles. The van der Waals surface area contributed by atoms with Crippen LogP contribution in [0.1, 0.15) is 0 Å². The first-order chi connectivity index (χ1) is 39.0. The molecule has 0 bridgehead atoms. The molecule has 12 N–H and O–H groups in total. The van der Waals surface area contributed by atoms with Gasteiger partial charge in [-0.25, -0.2) is 4.98 Å². The van der Waals surface area contributed by atoms with E-state index in [4.69, 9.17) is 55.6 Å². The van der Waals surface area contributed by atoms with Gasteiger partial charge >= 0.3 is 187 Å². The van der Waals surface area contributed by atoms with E-state index in [-0.39, 0.29) is 270 Å². The molecular formula is C40H30Cl4N14Na6O20S6+6. The third-order valence-corrected chi connectivity index (χ3v) is 17.4. The quantitative estimate of drug-likeness (QED) is 0.0155. The minimum atomic E-state index is -5.22. The second-order valence-corrected chi connectivity index (χ2v) is 26.4. The molecule has 90 heavy (non-hydrogen) atoms. The predicted molar refractivity (Wildman–Crippen MR) is 294 cm³/mol. The monoisotopic (exact) mass is 1500 g/mol. The van der Waals surface area contributed by atoms with E-state index in [1.165, 1.54) is 18.2 Å². The Labute approximate surface area is 661 Å². The van der Waals surface area contributed by atoms with Crippen LogP contribution < -0.4 is 219 Å². The second kappa shape index (κ2) is 32.4. The Hall–Kier alpha value is -1.26. The van der Waals surface area contributed by atoms with Gasteiger partial charge in [0.15, 0.2) is 32.6 Å². The summed E-state index contributed by atoms with van der Waals surface area (Å²) >= 11 is 25.7. The minimum Gasteiger partial charge on any atom is -0.450 e. The first-order valence-corrected chi connectivity index (χ1v) is 32.3. The first kappa shape index (κ1) is 83.0. The number of benzene rings is 5. The summed E-state index contributed by atoms with van der Waals surface area (Å²) in [6, 6.07) is 9.24. The SMILES string of the molecule is O=S(=O)(O)c1ccc(Nc2nc(Cl)nc(NCCN=c3ccc4nc5c(Cl)c6c(c(Cl)c5oc-4c3S(=O)(=O)O)Nc3ccc(NCCNc4nc(Cl)nc(Nc5ccc(S(=O)(=O)O)cc5S(=O)(=O)O)n4)c(S(=O)(=O)O)c3O6)n2)c(S(=O)(=O)O)c1.[Na+].[Na+].[Na+].[Na+].[Na+].[Na+]. The van der Waals surface area contributed by atoms with E-state index in [0.717, 1.165) is 30.3 Å².